The lowest BCUT2D eigenvalue weighted by molar-refractivity contribution is -0.123. The van der Waals surface area contributed by atoms with Crippen LogP contribution >= 0.6 is 11.6 Å². The van der Waals surface area contributed by atoms with Crippen molar-refractivity contribution in [3.05, 3.63) is 59.4 Å². The number of carbonyl (C=O) groups excluding carboxylic acids is 2. The summed E-state index contributed by atoms with van der Waals surface area (Å²) in [6.45, 7) is 0. The van der Waals surface area contributed by atoms with Crippen molar-refractivity contribution in [1.29, 1.82) is 0 Å². The van der Waals surface area contributed by atoms with Crippen LogP contribution in [-0.4, -0.2) is 26.6 Å². The third-order valence-electron chi connectivity index (χ3n) is 4.09. The molecule has 0 saturated heterocycles. The molecular formula is C18H13ClFN5O2. The fraction of sp³-hybridized carbons (Fsp3) is 0.111. The number of para-hydroxylation sites is 1. The topological polar surface area (TPSA) is 88.9 Å². The normalized spacial score (nSPS) is 15.3. The first-order chi connectivity index (χ1) is 13.0. The minimum atomic E-state index is -0.861. The second-order valence-corrected chi connectivity index (χ2v) is 6.38. The molecule has 2 heterocycles. The third-order valence-corrected chi connectivity index (χ3v) is 4.35. The first-order valence-corrected chi connectivity index (χ1v) is 8.47. The van der Waals surface area contributed by atoms with Crippen LogP contribution in [0, 0.1) is 5.82 Å². The zero-order valence-corrected chi connectivity index (χ0v) is 14.6. The quantitative estimate of drug-likeness (QED) is 0.721. The second kappa shape index (κ2) is 6.81. The van der Waals surface area contributed by atoms with Gasteiger partial charge in [-0.1, -0.05) is 23.7 Å². The molecule has 0 spiro atoms. The van der Waals surface area contributed by atoms with Gasteiger partial charge in [-0.05, 0) is 36.4 Å². The monoisotopic (exact) mass is 385 g/mol. The van der Waals surface area contributed by atoms with E-state index < -0.39 is 23.7 Å². The molecule has 2 N–H and O–H groups in total. The lowest BCUT2D eigenvalue weighted by atomic mass is 10.2. The number of nitrogens with zero attached hydrogens (tertiary/aromatic N) is 3. The molecule has 0 fully saturated rings. The van der Waals surface area contributed by atoms with Crippen LogP contribution in [0.1, 0.15) is 12.5 Å². The van der Waals surface area contributed by atoms with Gasteiger partial charge in [0.05, 0.1) is 12.1 Å². The number of benzene rings is 2. The summed E-state index contributed by atoms with van der Waals surface area (Å²) < 4.78 is 15.0. The van der Waals surface area contributed by atoms with Crippen LogP contribution in [0.15, 0.2) is 48.5 Å². The molecule has 1 atom stereocenters. The zero-order valence-electron chi connectivity index (χ0n) is 13.8. The molecule has 27 heavy (non-hydrogen) atoms. The zero-order chi connectivity index (χ0) is 19.0. The maximum atomic E-state index is 13.7. The van der Waals surface area contributed by atoms with Crippen LogP contribution in [0.4, 0.5) is 16.0 Å². The van der Waals surface area contributed by atoms with Crippen LogP contribution < -0.4 is 10.6 Å². The maximum absolute atomic E-state index is 13.7. The molecule has 0 aliphatic carbocycles. The summed E-state index contributed by atoms with van der Waals surface area (Å²) in [6.07, 6.45) is -0.198. The fourth-order valence-corrected chi connectivity index (χ4v) is 2.90. The number of nitrogens with one attached hydrogen (secondary N) is 2. The van der Waals surface area contributed by atoms with E-state index in [1.165, 1.54) is 22.9 Å². The van der Waals surface area contributed by atoms with Crippen molar-refractivity contribution in [3.63, 3.8) is 0 Å². The van der Waals surface area contributed by atoms with E-state index in [0.29, 0.717) is 10.8 Å². The van der Waals surface area contributed by atoms with E-state index >= 15 is 0 Å². The standard InChI is InChI=1S/C18H13ClFN5O2/c19-11-7-5-10(6-8-11)16-22-18-23-17(27)14(25(18)24-16)9-15(26)21-13-4-2-1-3-12(13)20/h1-8,14H,9H2,(H,21,26)(H,22,23,24,27)/t14-/m1/s1. The Labute approximate surface area is 158 Å². The summed E-state index contributed by atoms with van der Waals surface area (Å²) in [5.41, 5.74) is 0.784. The van der Waals surface area contributed by atoms with Gasteiger partial charge in [-0.25, -0.2) is 9.07 Å². The van der Waals surface area contributed by atoms with Gasteiger partial charge in [-0.3, -0.25) is 14.9 Å². The third kappa shape index (κ3) is 3.39. The Morgan fingerprint density at radius 1 is 1.22 bits per heavy atom. The van der Waals surface area contributed by atoms with Gasteiger partial charge in [0.25, 0.3) is 5.91 Å². The smallest absolute Gasteiger partial charge is 0.252 e. The van der Waals surface area contributed by atoms with Gasteiger partial charge in [0, 0.05) is 10.6 Å². The van der Waals surface area contributed by atoms with Gasteiger partial charge in [-0.15, -0.1) is 5.10 Å². The summed E-state index contributed by atoms with van der Waals surface area (Å²) in [4.78, 5) is 28.7. The number of aromatic nitrogens is 3. The average molecular weight is 386 g/mol. The molecule has 0 saturated carbocycles. The molecule has 2 aromatic carbocycles. The number of hydrogen-bond donors (Lipinski definition) is 2. The number of halogens is 2. The predicted octanol–water partition coefficient (Wildman–Crippen LogP) is 3.26. The lowest BCUT2D eigenvalue weighted by Gasteiger charge is -2.10. The number of hydrogen-bond acceptors (Lipinski definition) is 4. The number of fused-ring (bicyclic) bond motifs is 1. The lowest BCUT2D eigenvalue weighted by Crippen LogP contribution is -2.24. The summed E-state index contributed by atoms with van der Waals surface area (Å²) in [5, 5.41) is 9.97. The second-order valence-electron chi connectivity index (χ2n) is 5.95. The molecule has 0 bridgehead atoms. The minimum Gasteiger partial charge on any atom is -0.324 e. The summed E-state index contributed by atoms with van der Waals surface area (Å²) >= 11 is 5.88. The molecule has 4 rings (SSSR count). The molecule has 3 aromatic rings. The van der Waals surface area contributed by atoms with Crippen molar-refractivity contribution in [1.82, 2.24) is 14.8 Å². The molecule has 7 nitrogen and oxygen atoms in total. The highest BCUT2D eigenvalue weighted by Crippen LogP contribution is 2.29. The fourth-order valence-electron chi connectivity index (χ4n) is 2.77. The van der Waals surface area contributed by atoms with Crippen molar-refractivity contribution in [3.8, 4) is 11.4 Å². The van der Waals surface area contributed by atoms with Crippen LogP contribution in [0.25, 0.3) is 11.4 Å². The highest BCUT2D eigenvalue weighted by molar-refractivity contribution is 6.30. The SMILES string of the molecule is O=C(C[C@@H]1C(=O)Nc2nc(-c3ccc(Cl)cc3)nn21)Nc1ccccc1F. The van der Waals surface area contributed by atoms with Crippen molar-refractivity contribution in [2.75, 3.05) is 10.6 Å². The largest absolute Gasteiger partial charge is 0.324 e. The van der Waals surface area contributed by atoms with Gasteiger partial charge in [-0.2, -0.15) is 4.98 Å². The molecular weight excluding hydrogens is 373 g/mol. The van der Waals surface area contributed by atoms with E-state index in [2.05, 4.69) is 20.7 Å². The van der Waals surface area contributed by atoms with Crippen molar-refractivity contribution in [2.24, 2.45) is 0 Å². The number of amides is 2. The molecule has 0 unspecified atom stereocenters. The Hall–Kier alpha value is -3.26. The van der Waals surface area contributed by atoms with Crippen LogP contribution in [-0.2, 0) is 9.59 Å². The highest BCUT2D eigenvalue weighted by atomic mass is 35.5. The molecule has 1 aliphatic heterocycles. The van der Waals surface area contributed by atoms with E-state index in [1.807, 2.05) is 0 Å². The van der Waals surface area contributed by atoms with Gasteiger partial charge in [0.1, 0.15) is 11.9 Å². The van der Waals surface area contributed by atoms with Gasteiger partial charge < -0.3 is 5.32 Å². The number of rotatable bonds is 4. The highest BCUT2D eigenvalue weighted by Gasteiger charge is 2.35. The van der Waals surface area contributed by atoms with Crippen LogP contribution in [0.5, 0.6) is 0 Å². The Morgan fingerprint density at radius 2 is 1.96 bits per heavy atom. The minimum absolute atomic E-state index is 0.0570. The Bertz CT molecular complexity index is 1030. The van der Waals surface area contributed by atoms with Crippen molar-refractivity contribution < 1.29 is 14.0 Å². The molecule has 0 radical (unpaired) electrons. The van der Waals surface area contributed by atoms with Gasteiger partial charge in [0.15, 0.2) is 5.82 Å². The number of anilines is 2. The molecule has 136 valence electrons. The Kier molecular flexibility index (Phi) is 4.33. The van der Waals surface area contributed by atoms with E-state index in [1.54, 1.807) is 30.3 Å². The van der Waals surface area contributed by atoms with Crippen LogP contribution in [0.3, 0.4) is 0 Å². The first kappa shape index (κ1) is 17.2. The van der Waals surface area contributed by atoms with Crippen LogP contribution in [0.2, 0.25) is 5.02 Å². The maximum Gasteiger partial charge on any atom is 0.252 e. The molecule has 1 aliphatic rings. The Balaban J connectivity index is 1.53. The predicted molar refractivity (Wildman–Crippen MR) is 97.8 cm³/mol. The summed E-state index contributed by atoms with van der Waals surface area (Å²) in [7, 11) is 0. The summed E-state index contributed by atoms with van der Waals surface area (Å²) in [5.74, 6) is -0.781. The molecule has 2 amide bonds. The van der Waals surface area contributed by atoms with Crippen molar-refractivity contribution >= 4 is 35.1 Å². The van der Waals surface area contributed by atoms with Crippen molar-refractivity contribution in [2.45, 2.75) is 12.5 Å². The average Bonchev–Trinajstić information content (AvgIpc) is 3.17. The first-order valence-electron chi connectivity index (χ1n) is 8.09. The molecule has 9 heteroatoms. The summed E-state index contributed by atoms with van der Waals surface area (Å²) in [6, 6.07) is 11.9. The van der Waals surface area contributed by atoms with E-state index in [0.717, 1.165) is 5.56 Å². The molecule has 1 aromatic heterocycles. The van der Waals surface area contributed by atoms with Gasteiger partial charge >= 0.3 is 0 Å². The number of carbonyl (C=O) groups is 2. The van der Waals surface area contributed by atoms with E-state index in [-0.39, 0.29) is 18.1 Å². The Morgan fingerprint density at radius 3 is 2.70 bits per heavy atom. The van der Waals surface area contributed by atoms with E-state index in [9.17, 15) is 14.0 Å². The van der Waals surface area contributed by atoms with E-state index in [4.69, 9.17) is 11.6 Å². The van der Waals surface area contributed by atoms with Gasteiger partial charge in [0.2, 0.25) is 11.9 Å².